The largest absolute Gasteiger partial charge is 0.408 e. The highest BCUT2D eigenvalue weighted by Gasteiger charge is 2.42. The number of rotatable bonds is 3. The van der Waals surface area contributed by atoms with E-state index in [1.54, 1.807) is 12.1 Å². The molecule has 1 fully saturated rings. The van der Waals surface area contributed by atoms with E-state index in [0.29, 0.717) is 36.2 Å². The summed E-state index contributed by atoms with van der Waals surface area (Å²) >= 11 is 6.24. The third-order valence-corrected chi connectivity index (χ3v) is 6.38. The Morgan fingerprint density at radius 1 is 1.29 bits per heavy atom. The van der Waals surface area contributed by atoms with Crippen LogP contribution in [0.5, 0.6) is 0 Å². The van der Waals surface area contributed by atoms with Gasteiger partial charge in [0.1, 0.15) is 11.7 Å². The van der Waals surface area contributed by atoms with E-state index in [1.807, 2.05) is 17.1 Å². The zero-order valence-corrected chi connectivity index (χ0v) is 19.3. The molecule has 2 aliphatic heterocycles. The number of hydrogen-bond donors (Lipinski definition) is 3. The van der Waals surface area contributed by atoms with Crippen LogP contribution in [0.1, 0.15) is 29.5 Å². The number of fused-ring (bicyclic) bond motifs is 5. The van der Waals surface area contributed by atoms with E-state index in [2.05, 4.69) is 25.5 Å². The van der Waals surface area contributed by atoms with E-state index in [0.717, 1.165) is 12.6 Å². The van der Waals surface area contributed by atoms with Crippen molar-refractivity contribution in [2.45, 2.75) is 38.5 Å². The van der Waals surface area contributed by atoms with E-state index < -0.39 is 29.9 Å². The summed E-state index contributed by atoms with van der Waals surface area (Å²) in [5, 5.41) is 12.0. The Labute approximate surface area is 201 Å². The molecule has 2 atom stereocenters. The second kappa shape index (κ2) is 8.26. The molecule has 0 aliphatic carbocycles. The van der Waals surface area contributed by atoms with Gasteiger partial charge < -0.3 is 10.2 Å². The number of halogens is 4. The molecule has 2 unspecified atom stereocenters. The summed E-state index contributed by atoms with van der Waals surface area (Å²) < 4.78 is 38.8. The number of pyridine rings is 2. The van der Waals surface area contributed by atoms with Crippen molar-refractivity contribution in [1.82, 2.24) is 25.5 Å². The Balaban J connectivity index is 1.48. The molecular formula is C21H20ClF3N8O2. The standard InChI is InChI=1S/C21H20ClF3N8O2/c1-9-3-4-12-16(26-9)30-31-17(12)29-20(35)33-11-5-6-32(8-11)14-7-13(22)15(28-18(14)33)19(34)27-10(2)21(23,24)25/h3-4,7,10-11H,5-6,8H2,1-2H3,(H,27,34)(H2,26,29,30,31,35). The fourth-order valence-corrected chi connectivity index (χ4v) is 4.48. The highest BCUT2D eigenvalue weighted by Crippen LogP contribution is 2.41. The van der Waals surface area contributed by atoms with Crippen molar-refractivity contribution in [3.63, 3.8) is 0 Å². The second-order valence-electron chi connectivity index (χ2n) is 8.51. The van der Waals surface area contributed by atoms with Crippen molar-refractivity contribution in [1.29, 1.82) is 0 Å². The predicted molar refractivity (Wildman–Crippen MR) is 123 cm³/mol. The Hall–Kier alpha value is -3.61. The van der Waals surface area contributed by atoms with E-state index in [1.165, 1.54) is 11.0 Å². The van der Waals surface area contributed by atoms with Crippen LogP contribution >= 0.6 is 11.6 Å². The molecule has 2 bridgehead atoms. The van der Waals surface area contributed by atoms with Crippen LogP contribution in [0.3, 0.4) is 0 Å². The van der Waals surface area contributed by atoms with Gasteiger partial charge >= 0.3 is 12.2 Å². The van der Waals surface area contributed by atoms with Gasteiger partial charge in [0, 0.05) is 18.8 Å². The van der Waals surface area contributed by atoms with E-state index in [4.69, 9.17) is 11.6 Å². The number of urea groups is 1. The smallest absolute Gasteiger partial charge is 0.366 e. The average Bonchev–Trinajstić information content (AvgIpc) is 3.38. The summed E-state index contributed by atoms with van der Waals surface area (Å²) in [4.78, 5) is 38.0. The summed E-state index contributed by atoms with van der Waals surface area (Å²) in [6.45, 7) is 3.80. The molecule has 35 heavy (non-hydrogen) atoms. The highest BCUT2D eigenvalue weighted by atomic mass is 35.5. The van der Waals surface area contributed by atoms with Gasteiger partial charge in [-0.1, -0.05) is 11.6 Å². The summed E-state index contributed by atoms with van der Waals surface area (Å²) in [6, 6.07) is 2.11. The van der Waals surface area contributed by atoms with Crippen LogP contribution in [0.4, 0.5) is 35.3 Å². The van der Waals surface area contributed by atoms with Gasteiger partial charge in [0.15, 0.2) is 17.3 Å². The topological polar surface area (TPSA) is 119 Å². The number of aromatic nitrogens is 4. The minimum atomic E-state index is -4.63. The third kappa shape index (κ3) is 4.09. The fourth-order valence-electron chi connectivity index (χ4n) is 4.25. The molecule has 0 aromatic carbocycles. The van der Waals surface area contributed by atoms with Crippen molar-refractivity contribution in [3.05, 3.63) is 34.6 Å². The minimum Gasteiger partial charge on any atom is -0.366 e. The number of alkyl halides is 3. The maximum absolute atomic E-state index is 13.4. The molecule has 184 valence electrons. The van der Waals surface area contributed by atoms with Crippen LogP contribution in [0, 0.1) is 6.92 Å². The molecular weight excluding hydrogens is 489 g/mol. The predicted octanol–water partition coefficient (Wildman–Crippen LogP) is 3.63. The van der Waals surface area contributed by atoms with Gasteiger partial charge in [-0.15, -0.1) is 0 Å². The average molecular weight is 509 g/mol. The molecule has 0 radical (unpaired) electrons. The first-order chi connectivity index (χ1) is 16.5. The second-order valence-corrected chi connectivity index (χ2v) is 8.92. The number of nitrogens with one attached hydrogen (secondary N) is 3. The summed E-state index contributed by atoms with van der Waals surface area (Å²) in [6.07, 6.45) is -4.00. The van der Waals surface area contributed by atoms with Gasteiger partial charge in [0.2, 0.25) is 0 Å². The molecule has 0 saturated carbocycles. The fraction of sp³-hybridized carbons (Fsp3) is 0.381. The zero-order valence-electron chi connectivity index (χ0n) is 18.6. The summed E-state index contributed by atoms with van der Waals surface area (Å²) in [5.74, 6) is -0.680. The third-order valence-electron chi connectivity index (χ3n) is 6.09. The number of aromatic amines is 1. The van der Waals surface area contributed by atoms with Crippen LogP contribution in [-0.2, 0) is 0 Å². The molecule has 14 heteroatoms. The molecule has 5 heterocycles. The first-order valence-corrected chi connectivity index (χ1v) is 11.2. The highest BCUT2D eigenvalue weighted by molar-refractivity contribution is 6.34. The van der Waals surface area contributed by atoms with Crippen LogP contribution in [0.25, 0.3) is 11.0 Å². The maximum Gasteiger partial charge on any atom is 0.408 e. The number of anilines is 3. The van der Waals surface area contributed by atoms with Gasteiger partial charge in [0.25, 0.3) is 5.91 Å². The van der Waals surface area contributed by atoms with Crippen molar-refractivity contribution in [2.75, 3.05) is 28.2 Å². The van der Waals surface area contributed by atoms with E-state index in [9.17, 15) is 22.8 Å². The van der Waals surface area contributed by atoms with Gasteiger partial charge in [-0.2, -0.15) is 18.3 Å². The monoisotopic (exact) mass is 508 g/mol. The number of nitrogens with zero attached hydrogens (tertiary/aromatic N) is 5. The number of aryl methyl sites for hydroxylation is 1. The summed E-state index contributed by atoms with van der Waals surface area (Å²) in [7, 11) is 0. The SMILES string of the molecule is Cc1ccc2c(NC(=O)N3c4nc(C(=O)NC(C)C(F)(F)F)c(Cl)cc4N4CCC3C4)n[nH]c2n1. The molecule has 10 nitrogen and oxygen atoms in total. The van der Waals surface area contributed by atoms with Crippen molar-refractivity contribution in [2.24, 2.45) is 0 Å². The molecule has 5 rings (SSSR count). The molecule has 3 N–H and O–H groups in total. The molecule has 1 saturated heterocycles. The van der Waals surface area contributed by atoms with Crippen LogP contribution in [-0.4, -0.2) is 63.5 Å². The molecule has 3 aromatic rings. The molecule has 0 spiro atoms. The lowest BCUT2D eigenvalue weighted by molar-refractivity contribution is -0.149. The van der Waals surface area contributed by atoms with E-state index >= 15 is 0 Å². The van der Waals surface area contributed by atoms with Crippen LogP contribution in [0.15, 0.2) is 18.2 Å². The normalized spacial score (nSPS) is 17.9. The lowest BCUT2D eigenvalue weighted by Gasteiger charge is -2.36. The van der Waals surface area contributed by atoms with Crippen molar-refractivity contribution in [3.8, 4) is 0 Å². The van der Waals surface area contributed by atoms with Crippen LogP contribution < -0.4 is 20.4 Å². The minimum absolute atomic E-state index is 0.110. The lowest BCUT2D eigenvalue weighted by atomic mass is 10.1. The van der Waals surface area contributed by atoms with Crippen molar-refractivity contribution >= 4 is 51.9 Å². The van der Waals surface area contributed by atoms with E-state index in [-0.39, 0.29) is 22.7 Å². The molecule has 2 aliphatic rings. The number of hydrogen-bond acceptors (Lipinski definition) is 6. The van der Waals surface area contributed by atoms with Gasteiger partial charge in [-0.25, -0.2) is 14.8 Å². The number of carbonyl (C=O) groups excluding carboxylic acids is 2. The van der Waals surface area contributed by atoms with Crippen LogP contribution in [0.2, 0.25) is 5.02 Å². The Morgan fingerprint density at radius 2 is 2.06 bits per heavy atom. The van der Waals surface area contributed by atoms with Gasteiger partial charge in [0.05, 0.1) is 22.1 Å². The van der Waals surface area contributed by atoms with Crippen molar-refractivity contribution < 1.29 is 22.8 Å². The summed E-state index contributed by atoms with van der Waals surface area (Å²) in [5.41, 5.74) is 1.41. The lowest BCUT2D eigenvalue weighted by Crippen LogP contribution is -2.49. The zero-order chi connectivity index (χ0) is 25.1. The van der Waals surface area contributed by atoms with Gasteiger partial charge in [-0.05, 0) is 38.5 Å². The van der Waals surface area contributed by atoms with Gasteiger partial charge in [-0.3, -0.25) is 20.1 Å². The molecule has 3 amide bonds. The number of amides is 3. The first-order valence-electron chi connectivity index (χ1n) is 10.8. The quantitative estimate of drug-likeness (QED) is 0.497. The number of carbonyl (C=O) groups is 2. The Bertz CT molecular complexity index is 1340. The maximum atomic E-state index is 13.4. The first kappa shape index (κ1) is 23.1. The molecule has 3 aromatic heterocycles. The number of H-pyrrole nitrogens is 1. The Morgan fingerprint density at radius 3 is 2.80 bits per heavy atom. The Kier molecular flexibility index (Phi) is 5.46.